The molecule has 0 radical (unpaired) electrons. The fourth-order valence-corrected chi connectivity index (χ4v) is 7.33. The van der Waals surface area contributed by atoms with Gasteiger partial charge < -0.3 is 19.3 Å². The van der Waals surface area contributed by atoms with E-state index in [-0.39, 0.29) is 11.9 Å². The Bertz CT molecular complexity index is 844. The number of hydrogen-bond acceptors (Lipinski definition) is 7. The molecule has 55 heavy (non-hydrogen) atoms. The number of carbonyl (C=O) groups is 2. The van der Waals surface area contributed by atoms with E-state index in [0.29, 0.717) is 39.1 Å². The van der Waals surface area contributed by atoms with Crippen LogP contribution in [0.15, 0.2) is 24.3 Å². The lowest BCUT2D eigenvalue weighted by molar-refractivity contribution is -0.144. The third-order valence-electron chi connectivity index (χ3n) is 11.2. The molecular formula is C48H91N3O4. The van der Waals surface area contributed by atoms with Crippen LogP contribution in [0.25, 0.3) is 0 Å². The van der Waals surface area contributed by atoms with Crippen LogP contribution in [0, 0.1) is 0 Å². The highest BCUT2D eigenvalue weighted by Gasteiger charge is 2.15. The summed E-state index contributed by atoms with van der Waals surface area (Å²) >= 11 is 0. The van der Waals surface area contributed by atoms with E-state index >= 15 is 0 Å². The number of ether oxygens (including phenoxy) is 2. The molecule has 1 fully saturated rings. The number of piperazine rings is 1. The van der Waals surface area contributed by atoms with Gasteiger partial charge in [0.25, 0.3) is 0 Å². The molecule has 0 bridgehead atoms. The molecule has 1 heterocycles. The number of carbonyl (C=O) groups excluding carboxylic acids is 2. The zero-order chi connectivity index (χ0) is 39.7. The predicted molar refractivity (Wildman–Crippen MR) is 236 cm³/mol. The van der Waals surface area contributed by atoms with Crippen molar-refractivity contribution in [2.75, 3.05) is 72.6 Å². The quantitative estimate of drug-likeness (QED) is 0.0349. The van der Waals surface area contributed by atoms with E-state index in [0.717, 1.165) is 71.4 Å². The molecule has 7 heteroatoms. The van der Waals surface area contributed by atoms with Crippen LogP contribution in [0.3, 0.4) is 0 Å². The normalized spacial score (nSPS) is 14.2. The third kappa shape index (κ3) is 36.4. The molecule has 1 aliphatic rings. The first-order chi connectivity index (χ1) is 27.0. The molecule has 1 saturated heterocycles. The molecule has 7 nitrogen and oxygen atoms in total. The van der Waals surface area contributed by atoms with Crippen LogP contribution in [-0.2, 0) is 19.1 Å². The summed E-state index contributed by atoms with van der Waals surface area (Å²) in [4.78, 5) is 32.2. The summed E-state index contributed by atoms with van der Waals surface area (Å²) in [6.07, 6.45) is 44.1. The maximum Gasteiger partial charge on any atom is 0.305 e. The number of likely N-dealkylation sites (N-methyl/N-ethyl adjacent to an activating group) is 1. The average Bonchev–Trinajstić information content (AvgIpc) is 3.18. The van der Waals surface area contributed by atoms with Gasteiger partial charge in [-0.15, -0.1) is 0 Å². The number of allylic oxidation sites excluding steroid dienone is 4. The van der Waals surface area contributed by atoms with Crippen molar-refractivity contribution < 1.29 is 19.1 Å². The first-order valence-electron chi connectivity index (χ1n) is 23.8. The Kier molecular flexibility index (Phi) is 37.8. The monoisotopic (exact) mass is 774 g/mol. The van der Waals surface area contributed by atoms with Crippen LogP contribution in [0.5, 0.6) is 0 Å². The molecule has 322 valence electrons. The molecule has 0 N–H and O–H groups in total. The second-order valence-corrected chi connectivity index (χ2v) is 16.4. The second kappa shape index (κ2) is 40.5. The van der Waals surface area contributed by atoms with Crippen LogP contribution >= 0.6 is 0 Å². The topological polar surface area (TPSA) is 62.3 Å². The first-order valence-corrected chi connectivity index (χ1v) is 23.8. The van der Waals surface area contributed by atoms with E-state index in [1.54, 1.807) is 0 Å². The van der Waals surface area contributed by atoms with Crippen molar-refractivity contribution in [3.63, 3.8) is 0 Å². The van der Waals surface area contributed by atoms with Crippen molar-refractivity contribution in [1.82, 2.24) is 14.7 Å². The van der Waals surface area contributed by atoms with Gasteiger partial charge in [0.2, 0.25) is 0 Å². The maximum atomic E-state index is 12.5. The fourth-order valence-electron chi connectivity index (χ4n) is 7.33. The van der Waals surface area contributed by atoms with Gasteiger partial charge in [-0.1, -0.05) is 141 Å². The lowest BCUT2D eigenvalue weighted by Gasteiger charge is -2.33. The minimum absolute atomic E-state index is 0.0820. The smallest absolute Gasteiger partial charge is 0.305 e. The molecule has 0 aliphatic carbocycles. The number of unbranched alkanes of at least 4 members (excludes halogenated alkanes) is 22. The van der Waals surface area contributed by atoms with E-state index in [4.69, 9.17) is 9.47 Å². The Morgan fingerprint density at radius 3 is 1.24 bits per heavy atom. The van der Waals surface area contributed by atoms with Crippen molar-refractivity contribution >= 4 is 11.9 Å². The predicted octanol–water partition coefficient (Wildman–Crippen LogP) is 12.1. The zero-order valence-electron chi connectivity index (χ0n) is 36.9. The van der Waals surface area contributed by atoms with Crippen molar-refractivity contribution in [1.29, 1.82) is 0 Å². The Hall–Kier alpha value is -1.70. The number of rotatable bonds is 40. The van der Waals surface area contributed by atoms with E-state index in [9.17, 15) is 9.59 Å². The van der Waals surface area contributed by atoms with Crippen LogP contribution < -0.4 is 0 Å². The molecule has 0 atom stereocenters. The van der Waals surface area contributed by atoms with E-state index < -0.39 is 0 Å². The van der Waals surface area contributed by atoms with Crippen molar-refractivity contribution in [3.8, 4) is 0 Å². The van der Waals surface area contributed by atoms with Crippen LogP contribution in [-0.4, -0.2) is 99.3 Å². The molecule has 0 saturated carbocycles. The number of hydrogen-bond donors (Lipinski definition) is 0. The van der Waals surface area contributed by atoms with Gasteiger partial charge in [-0.25, -0.2) is 0 Å². The third-order valence-corrected chi connectivity index (χ3v) is 11.2. The summed E-state index contributed by atoms with van der Waals surface area (Å²) in [5.41, 5.74) is 0. The van der Waals surface area contributed by atoms with Gasteiger partial charge in [0.05, 0.1) is 0 Å². The van der Waals surface area contributed by atoms with E-state index in [1.807, 2.05) is 0 Å². The van der Waals surface area contributed by atoms with Gasteiger partial charge in [0, 0.05) is 52.1 Å². The van der Waals surface area contributed by atoms with Gasteiger partial charge >= 0.3 is 11.9 Å². The fraction of sp³-hybridized carbons (Fsp3) is 0.875. The Morgan fingerprint density at radius 2 is 0.836 bits per heavy atom. The Labute approximate surface area is 341 Å². The highest BCUT2D eigenvalue weighted by Crippen LogP contribution is 2.12. The first kappa shape index (κ1) is 51.3. The minimum Gasteiger partial charge on any atom is -0.464 e. The summed E-state index contributed by atoms with van der Waals surface area (Å²) in [7, 11) is 2.19. The molecule has 1 aliphatic heterocycles. The molecule has 0 unspecified atom stereocenters. The van der Waals surface area contributed by atoms with Crippen LogP contribution in [0.4, 0.5) is 0 Å². The summed E-state index contributed by atoms with van der Waals surface area (Å²) in [6.45, 7) is 13.2. The van der Waals surface area contributed by atoms with E-state index in [1.165, 1.54) is 141 Å². The van der Waals surface area contributed by atoms with Gasteiger partial charge in [0.1, 0.15) is 13.2 Å². The Morgan fingerprint density at radius 1 is 0.473 bits per heavy atom. The van der Waals surface area contributed by atoms with Gasteiger partial charge in [-0.05, 0) is 90.8 Å². The average molecular weight is 774 g/mol. The Balaban J connectivity index is 2.15. The molecule has 0 aromatic carbocycles. The minimum atomic E-state index is -0.0820. The highest BCUT2D eigenvalue weighted by molar-refractivity contribution is 5.69. The van der Waals surface area contributed by atoms with E-state index in [2.05, 4.69) is 59.9 Å². The van der Waals surface area contributed by atoms with Gasteiger partial charge in [-0.3, -0.25) is 14.5 Å². The summed E-state index contributed by atoms with van der Waals surface area (Å²) in [6, 6.07) is 0. The molecule has 0 amide bonds. The summed E-state index contributed by atoms with van der Waals surface area (Å²) < 4.78 is 11.3. The summed E-state index contributed by atoms with van der Waals surface area (Å²) in [5.74, 6) is -0.164. The molecule has 0 aromatic rings. The maximum absolute atomic E-state index is 12.5. The van der Waals surface area contributed by atoms with Crippen molar-refractivity contribution in [2.24, 2.45) is 0 Å². The van der Waals surface area contributed by atoms with Crippen LogP contribution in [0.1, 0.15) is 200 Å². The number of esters is 2. The van der Waals surface area contributed by atoms with Gasteiger partial charge in [-0.2, -0.15) is 0 Å². The molecule has 0 aromatic heterocycles. The largest absolute Gasteiger partial charge is 0.464 e. The zero-order valence-corrected chi connectivity index (χ0v) is 36.9. The second-order valence-electron chi connectivity index (χ2n) is 16.4. The highest BCUT2D eigenvalue weighted by atomic mass is 16.5. The lowest BCUT2D eigenvalue weighted by Crippen LogP contribution is -2.45. The van der Waals surface area contributed by atoms with Gasteiger partial charge in [0.15, 0.2) is 0 Å². The number of nitrogens with zero attached hydrogens (tertiary/aromatic N) is 3. The van der Waals surface area contributed by atoms with Crippen molar-refractivity contribution in [2.45, 2.75) is 200 Å². The molecule has 0 spiro atoms. The molecule has 1 rings (SSSR count). The summed E-state index contributed by atoms with van der Waals surface area (Å²) in [5, 5.41) is 0. The standard InChI is InChI=1S/C48H91N3O4/c1-4-6-8-10-12-14-16-18-20-22-24-26-28-30-32-35-47(52)54-45-43-51(38-34-37-50-41-39-49(3)40-42-50)44-46-55-48(53)36-33-31-29-27-25-23-21-19-17-15-13-11-9-7-5-2/h18-21H,4-17,22-46H2,1-3H3/b20-18-,21-19-. The SMILES string of the molecule is CCCCCCCC/C=C\CCCCCCCC(=O)OCCN(CCCN1CCN(C)CC1)CCOC(=O)CCCCCCC/C=C\CCCCCCCC. The lowest BCUT2D eigenvalue weighted by atomic mass is 10.1. The molecular weight excluding hydrogens is 683 g/mol. The van der Waals surface area contributed by atoms with Crippen molar-refractivity contribution in [3.05, 3.63) is 24.3 Å². The van der Waals surface area contributed by atoms with Crippen LogP contribution in [0.2, 0.25) is 0 Å².